The molecule has 1 aliphatic heterocycles. The summed E-state index contributed by atoms with van der Waals surface area (Å²) in [6.45, 7) is 9.70. The smallest absolute Gasteiger partial charge is 0.137 e. The number of hydrogen-bond acceptors (Lipinski definition) is 5. The van der Waals surface area contributed by atoms with Gasteiger partial charge in [-0.3, -0.25) is 0 Å². The summed E-state index contributed by atoms with van der Waals surface area (Å²) >= 11 is 0. The molecule has 20 heavy (non-hydrogen) atoms. The molecule has 0 radical (unpaired) electrons. The SMILES string of the molecule is CCCc1nc(NC)c(C)c(N2CCN(C)C(C)C2)n1. The Balaban J connectivity index is 2.32. The zero-order valence-electron chi connectivity index (χ0n) is 13.4. The zero-order chi connectivity index (χ0) is 14.7. The number of nitrogens with zero attached hydrogens (tertiary/aromatic N) is 4. The van der Waals surface area contributed by atoms with Crippen molar-refractivity contribution in [2.75, 3.05) is 43.9 Å². The molecule has 1 aromatic heterocycles. The fourth-order valence-electron chi connectivity index (χ4n) is 2.68. The van der Waals surface area contributed by atoms with E-state index in [1.165, 1.54) is 0 Å². The minimum Gasteiger partial charge on any atom is -0.373 e. The second-order valence-electron chi connectivity index (χ2n) is 5.71. The van der Waals surface area contributed by atoms with Crippen LogP contribution in [-0.4, -0.2) is 54.6 Å². The number of rotatable bonds is 4. The predicted octanol–water partition coefficient (Wildman–Crippen LogP) is 1.92. The topological polar surface area (TPSA) is 44.3 Å². The van der Waals surface area contributed by atoms with Crippen molar-refractivity contribution in [3.63, 3.8) is 0 Å². The molecule has 5 heteroatoms. The van der Waals surface area contributed by atoms with Crippen molar-refractivity contribution in [2.24, 2.45) is 0 Å². The van der Waals surface area contributed by atoms with Gasteiger partial charge in [-0.15, -0.1) is 0 Å². The highest BCUT2D eigenvalue weighted by Crippen LogP contribution is 2.25. The Bertz CT molecular complexity index is 460. The highest BCUT2D eigenvalue weighted by atomic mass is 15.3. The van der Waals surface area contributed by atoms with Crippen LogP contribution >= 0.6 is 0 Å². The summed E-state index contributed by atoms with van der Waals surface area (Å²) in [5.74, 6) is 3.02. The molecular formula is C15H27N5. The third kappa shape index (κ3) is 3.03. The average Bonchev–Trinajstić information content (AvgIpc) is 2.44. The van der Waals surface area contributed by atoms with Crippen LogP contribution in [0.1, 0.15) is 31.7 Å². The Morgan fingerprint density at radius 2 is 2.05 bits per heavy atom. The maximum Gasteiger partial charge on any atom is 0.137 e. The lowest BCUT2D eigenvalue weighted by atomic mass is 10.2. The van der Waals surface area contributed by atoms with Crippen molar-refractivity contribution in [3.05, 3.63) is 11.4 Å². The van der Waals surface area contributed by atoms with Crippen LogP contribution in [0.15, 0.2) is 0 Å². The number of likely N-dealkylation sites (N-methyl/N-ethyl adjacent to an activating group) is 1. The van der Waals surface area contributed by atoms with E-state index in [1.54, 1.807) is 0 Å². The Morgan fingerprint density at radius 3 is 2.65 bits per heavy atom. The first-order valence-corrected chi connectivity index (χ1v) is 7.57. The largest absolute Gasteiger partial charge is 0.373 e. The van der Waals surface area contributed by atoms with Gasteiger partial charge < -0.3 is 15.1 Å². The lowest BCUT2D eigenvalue weighted by Gasteiger charge is -2.39. The van der Waals surface area contributed by atoms with Crippen molar-refractivity contribution >= 4 is 11.6 Å². The lowest BCUT2D eigenvalue weighted by Crippen LogP contribution is -2.50. The van der Waals surface area contributed by atoms with Crippen LogP contribution in [0.4, 0.5) is 11.6 Å². The van der Waals surface area contributed by atoms with E-state index in [2.05, 4.69) is 47.9 Å². The third-order valence-electron chi connectivity index (χ3n) is 4.14. The van der Waals surface area contributed by atoms with Crippen molar-refractivity contribution < 1.29 is 0 Å². The van der Waals surface area contributed by atoms with Crippen molar-refractivity contribution in [3.8, 4) is 0 Å². The molecule has 0 spiro atoms. The maximum atomic E-state index is 4.81. The summed E-state index contributed by atoms with van der Waals surface area (Å²) in [5, 5.41) is 3.21. The van der Waals surface area contributed by atoms with E-state index < -0.39 is 0 Å². The van der Waals surface area contributed by atoms with Gasteiger partial charge in [-0.2, -0.15) is 0 Å². The van der Waals surface area contributed by atoms with Crippen molar-refractivity contribution in [2.45, 2.75) is 39.7 Å². The van der Waals surface area contributed by atoms with Gasteiger partial charge in [0.15, 0.2) is 0 Å². The van der Waals surface area contributed by atoms with Gasteiger partial charge in [-0.25, -0.2) is 9.97 Å². The highest BCUT2D eigenvalue weighted by Gasteiger charge is 2.24. The van der Waals surface area contributed by atoms with Crippen LogP contribution in [-0.2, 0) is 6.42 Å². The molecule has 1 aromatic rings. The Morgan fingerprint density at radius 1 is 1.30 bits per heavy atom. The molecule has 1 fully saturated rings. The first-order chi connectivity index (χ1) is 9.56. The minimum atomic E-state index is 0.561. The number of piperazine rings is 1. The summed E-state index contributed by atoms with van der Waals surface area (Å²) in [7, 11) is 4.12. The summed E-state index contributed by atoms with van der Waals surface area (Å²) in [4.78, 5) is 14.2. The zero-order valence-corrected chi connectivity index (χ0v) is 13.4. The normalized spacial score (nSPS) is 20.2. The van der Waals surface area contributed by atoms with Gasteiger partial charge in [0.2, 0.25) is 0 Å². The number of aryl methyl sites for hydroxylation is 1. The molecule has 2 rings (SSSR count). The molecule has 0 bridgehead atoms. The second-order valence-corrected chi connectivity index (χ2v) is 5.71. The number of aromatic nitrogens is 2. The molecule has 1 atom stereocenters. The Labute approximate surface area is 122 Å². The van der Waals surface area contributed by atoms with E-state index in [-0.39, 0.29) is 0 Å². The van der Waals surface area contributed by atoms with Gasteiger partial charge in [0.05, 0.1) is 0 Å². The molecular weight excluding hydrogens is 250 g/mol. The van der Waals surface area contributed by atoms with Gasteiger partial charge in [0, 0.05) is 44.7 Å². The van der Waals surface area contributed by atoms with E-state index in [9.17, 15) is 0 Å². The van der Waals surface area contributed by atoms with E-state index in [4.69, 9.17) is 4.98 Å². The summed E-state index contributed by atoms with van der Waals surface area (Å²) in [6.07, 6.45) is 2.01. The molecule has 2 heterocycles. The van der Waals surface area contributed by atoms with Crippen LogP contribution < -0.4 is 10.2 Å². The number of nitrogens with one attached hydrogen (secondary N) is 1. The fourth-order valence-corrected chi connectivity index (χ4v) is 2.68. The Kier molecular flexibility index (Phi) is 4.81. The lowest BCUT2D eigenvalue weighted by molar-refractivity contribution is 0.233. The first-order valence-electron chi connectivity index (χ1n) is 7.57. The predicted molar refractivity (Wildman–Crippen MR) is 84.6 cm³/mol. The Hall–Kier alpha value is -1.36. The average molecular weight is 277 g/mol. The van der Waals surface area contributed by atoms with Crippen LogP contribution in [0.5, 0.6) is 0 Å². The van der Waals surface area contributed by atoms with Crippen LogP contribution in [0.3, 0.4) is 0 Å². The van der Waals surface area contributed by atoms with Crippen LogP contribution in [0.2, 0.25) is 0 Å². The molecule has 0 aromatic carbocycles. The number of hydrogen-bond donors (Lipinski definition) is 1. The van der Waals surface area contributed by atoms with E-state index >= 15 is 0 Å². The molecule has 0 saturated carbocycles. The molecule has 5 nitrogen and oxygen atoms in total. The van der Waals surface area contributed by atoms with Crippen molar-refractivity contribution in [1.82, 2.24) is 14.9 Å². The van der Waals surface area contributed by atoms with E-state index in [1.807, 2.05) is 7.05 Å². The second kappa shape index (κ2) is 6.39. The molecule has 112 valence electrons. The number of anilines is 2. The standard InChI is InChI=1S/C15H27N5/c1-6-7-13-17-14(16-4)12(3)15(18-13)20-9-8-19(5)11(2)10-20/h11H,6-10H2,1-5H3,(H,16,17,18). The quantitative estimate of drug-likeness (QED) is 0.911. The molecule has 1 unspecified atom stereocenters. The maximum absolute atomic E-state index is 4.81. The summed E-state index contributed by atoms with van der Waals surface area (Å²) < 4.78 is 0. The van der Waals surface area contributed by atoms with Crippen LogP contribution in [0, 0.1) is 6.92 Å². The highest BCUT2D eigenvalue weighted by molar-refractivity contribution is 5.58. The van der Waals surface area contributed by atoms with Gasteiger partial charge in [-0.1, -0.05) is 6.92 Å². The summed E-state index contributed by atoms with van der Waals surface area (Å²) in [6, 6.07) is 0.561. The molecule has 1 N–H and O–H groups in total. The first kappa shape index (κ1) is 15.0. The summed E-state index contributed by atoms with van der Waals surface area (Å²) in [5.41, 5.74) is 1.16. The monoisotopic (exact) mass is 277 g/mol. The van der Waals surface area contributed by atoms with Gasteiger partial charge in [-0.05, 0) is 27.3 Å². The molecule has 1 saturated heterocycles. The van der Waals surface area contributed by atoms with Gasteiger partial charge in [0.25, 0.3) is 0 Å². The third-order valence-corrected chi connectivity index (χ3v) is 4.14. The minimum absolute atomic E-state index is 0.561. The van der Waals surface area contributed by atoms with E-state index in [0.29, 0.717) is 6.04 Å². The van der Waals surface area contributed by atoms with Gasteiger partial charge >= 0.3 is 0 Å². The van der Waals surface area contributed by atoms with Crippen LogP contribution in [0.25, 0.3) is 0 Å². The van der Waals surface area contributed by atoms with Crippen molar-refractivity contribution in [1.29, 1.82) is 0 Å². The fraction of sp³-hybridized carbons (Fsp3) is 0.733. The molecule has 0 amide bonds. The van der Waals surface area contributed by atoms with E-state index in [0.717, 1.165) is 55.5 Å². The molecule has 1 aliphatic rings. The van der Waals surface area contributed by atoms with Gasteiger partial charge in [0.1, 0.15) is 17.5 Å². The molecule has 0 aliphatic carbocycles.